The summed E-state index contributed by atoms with van der Waals surface area (Å²) in [5, 5.41) is 9.65. The average Bonchev–Trinajstić information content (AvgIpc) is 2.42. The second-order valence-corrected chi connectivity index (χ2v) is 5.34. The van der Waals surface area contributed by atoms with Gasteiger partial charge in [0.05, 0.1) is 0 Å². The van der Waals surface area contributed by atoms with E-state index < -0.39 is 11.6 Å². The highest BCUT2D eigenvalue weighted by Gasteiger charge is 2.12. The molecule has 0 atom stereocenters. The number of rotatable bonds is 6. The zero-order chi connectivity index (χ0) is 16.3. The van der Waals surface area contributed by atoms with Crippen LogP contribution in [-0.4, -0.2) is 17.7 Å². The molecule has 0 aliphatic heterocycles. The molecule has 0 spiro atoms. The molecule has 0 aliphatic rings. The second kappa shape index (κ2) is 6.47. The van der Waals surface area contributed by atoms with Crippen LogP contribution < -0.4 is 10.4 Å². The zero-order valence-corrected chi connectivity index (χ0v) is 12.6. The number of benzene rings is 1. The maximum absolute atomic E-state index is 11.5. The molecule has 1 N–H and O–H groups in total. The molecule has 0 aliphatic carbocycles. The standard InChI is InChI=1S/C17H18O5/c1-10(2)9-21-14-8-15-13(11(3)6-17(20)22-15)7-12(14)4-5-16(18)19/h6-8H,1,4-5,9H2,2-3H3,(H,18,19). The largest absolute Gasteiger partial charge is 0.489 e. The first-order valence-electron chi connectivity index (χ1n) is 6.93. The smallest absolute Gasteiger partial charge is 0.336 e. The van der Waals surface area contributed by atoms with Gasteiger partial charge in [0.1, 0.15) is 17.9 Å². The number of carbonyl (C=O) groups is 1. The highest BCUT2D eigenvalue weighted by Crippen LogP contribution is 2.28. The van der Waals surface area contributed by atoms with E-state index in [9.17, 15) is 9.59 Å². The van der Waals surface area contributed by atoms with Crippen LogP contribution in [0.3, 0.4) is 0 Å². The summed E-state index contributed by atoms with van der Waals surface area (Å²) >= 11 is 0. The first kappa shape index (κ1) is 15.8. The Morgan fingerprint density at radius 3 is 2.73 bits per heavy atom. The van der Waals surface area contributed by atoms with Crippen molar-refractivity contribution < 1.29 is 19.1 Å². The van der Waals surface area contributed by atoms with Gasteiger partial charge in [0, 0.05) is 23.9 Å². The Morgan fingerprint density at radius 1 is 1.36 bits per heavy atom. The van der Waals surface area contributed by atoms with Crippen molar-refractivity contribution in [3.63, 3.8) is 0 Å². The summed E-state index contributed by atoms with van der Waals surface area (Å²) < 4.78 is 10.9. The van der Waals surface area contributed by atoms with Crippen molar-refractivity contribution in [2.75, 3.05) is 6.61 Å². The quantitative estimate of drug-likeness (QED) is 0.655. The third-order valence-electron chi connectivity index (χ3n) is 3.21. The Balaban J connectivity index is 2.51. The number of hydrogen-bond donors (Lipinski definition) is 1. The summed E-state index contributed by atoms with van der Waals surface area (Å²) in [5.74, 6) is -0.354. The van der Waals surface area contributed by atoms with Crippen molar-refractivity contribution in [3.05, 3.63) is 51.9 Å². The third kappa shape index (κ3) is 3.75. The summed E-state index contributed by atoms with van der Waals surface area (Å²) in [6.07, 6.45) is 0.347. The van der Waals surface area contributed by atoms with Crippen LogP contribution in [-0.2, 0) is 11.2 Å². The van der Waals surface area contributed by atoms with Crippen LogP contribution in [0.15, 0.2) is 39.6 Å². The molecule has 22 heavy (non-hydrogen) atoms. The number of aliphatic carboxylic acids is 1. The van der Waals surface area contributed by atoms with Crippen molar-refractivity contribution in [2.45, 2.75) is 26.7 Å². The molecule has 0 amide bonds. The van der Waals surface area contributed by atoms with E-state index in [1.807, 2.05) is 19.9 Å². The Hall–Kier alpha value is -2.56. The zero-order valence-electron chi connectivity index (χ0n) is 12.6. The maximum atomic E-state index is 11.5. The molecule has 0 unspecified atom stereocenters. The van der Waals surface area contributed by atoms with E-state index in [-0.39, 0.29) is 6.42 Å². The van der Waals surface area contributed by atoms with Crippen LogP contribution in [0.5, 0.6) is 5.75 Å². The van der Waals surface area contributed by atoms with Gasteiger partial charge in [-0.3, -0.25) is 4.79 Å². The number of aryl methyl sites for hydroxylation is 2. The molecule has 2 aromatic rings. The first-order valence-corrected chi connectivity index (χ1v) is 6.93. The second-order valence-electron chi connectivity index (χ2n) is 5.34. The SMILES string of the molecule is C=C(C)COc1cc2oc(=O)cc(C)c2cc1CCC(=O)O. The van der Waals surface area contributed by atoms with Crippen molar-refractivity contribution in [2.24, 2.45) is 0 Å². The molecule has 0 radical (unpaired) electrons. The minimum absolute atomic E-state index is 0.00473. The minimum Gasteiger partial charge on any atom is -0.489 e. The van der Waals surface area contributed by atoms with Crippen LogP contribution in [0.25, 0.3) is 11.0 Å². The van der Waals surface area contributed by atoms with Crippen LogP contribution in [0.2, 0.25) is 0 Å². The normalized spacial score (nSPS) is 10.6. The first-order chi connectivity index (χ1) is 10.4. The van der Waals surface area contributed by atoms with Crippen LogP contribution in [0, 0.1) is 6.92 Å². The lowest BCUT2D eigenvalue weighted by Crippen LogP contribution is -2.05. The fraction of sp³-hybridized carbons (Fsp3) is 0.294. The van der Waals surface area contributed by atoms with Gasteiger partial charge in [0.25, 0.3) is 0 Å². The molecule has 0 saturated heterocycles. The molecule has 0 bridgehead atoms. The van der Waals surface area contributed by atoms with Gasteiger partial charge in [-0.15, -0.1) is 0 Å². The highest BCUT2D eigenvalue weighted by atomic mass is 16.5. The number of fused-ring (bicyclic) bond motifs is 1. The van der Waals surface area contributed by atoms with E-state index in [1.54, 1.807) is 6.07 Å². The number of ether oxygens (including phenoxy) is 1. The van der Waals surface area contributed by atoms with Gasteiger partial charge in [0.15, 0.2) is 0 Å². The Bertz CT molecular complexity index is 785. The monoisotopic (exact) mass is 302 g/mol. The summed E-state index contributed by atoms with van der Waals surface area (Å²) in [6.45, 7) is 7.74. The van der Waals surface area contributed by atoms with Crippen molar-refractivity contribution >= 4 is 16.9 Å². The summed E-state index contributed by atoms with van der Waals surface area (Å²) in [6, 6.07) is 4.88. The van der Waals surface area contributed by atoms with Gasteiger partial charge in [-0.2, -0.15) is 0 Å². The Kier molecular flexibility index (Phi) is 4.65. The lowest BCUT2D eigenvalue weighted by molar-refractivity contribution is -0.136. The van der Waals surface area contributed by atoms with Gasteiger partial charge < -0.3 is 14.3 Å². The predicted molar refractivity (Wildman–Crippen MR) is 83.5 cm³/mol. The molecule has 5 nitrogen and oxygen atoms in total. The fourth-order valence-electron chi connectivity index (χ4n) is 2.16. The summed E-state index contributed by atoms with van der Waals surface area (Å²) in [5.41, 5.74) is 2.41. The van der Waals surface area contributed by atoms with Crippen LogP contribution >= 0.6 is 0 Å². The predicted octanol–water partition coefficient (Wildman–Crippen LogP) is 3.07. The Morgan fingerprint density at radius 2 is 2.09 bits per heavy atom. The lowest BCUT2D eigenvalue weighted by atomic mass is 10.0. The van der Waals surface area contributed by atoms with Crippen molar-refractivity contribution in [3.8, 4) is 5.75 Å². The molecule has 1 aromatic carbocycles. The van der Waals surface area contributed by atoms with E-state index in [1.165, 1.54) is 6.07 Å². The Labute approximate surface area is 127 Å². The van der Waals surface area contributed by atoms with Gasteiger partial charge >= 0.3 is 11.6 Å². The van der Waals surface area contributed by atoms with E-state index in [4.69, 9.17) is 14.3 Å². The molecule has 116 valence electrons. The molecule has 1 heterocycles. The molecular weight excluding hydrogens is 284 g/mol. The van der Waals surface area contributed by atoms with Gasteiger partial charge in [-0.1, -0.05) is 6.58 Å². The van der Waals surface area contributed by atoms with Gasteiger partial charge in [-0.25, -0.2) is 4.79 Å². The van der Waals surface area contributed by atoms with E-state index in [0.29, 0.717) is 24.4 Å². The van der Waals surface area contributed by atoms with Crippen molar-refractivity contribution in [1.29, 1.82) is 0 Å². The van der Waals surface area contributed by atoms with Gasteiger partial charge in [-0.05, 0) is 43.0 Å². The van der Waals surface area contributed by atoms with Crippen LogP contribution in [0.1, 0.15) is 24.5 Å². The molecule has 0 fully saturated rings. The maximum Gasteiger partial charge on any atom is 0.336 e. The third-order valence-corrected chi connectivity index (χ3v) is 3.21. The highest BCUT2D eigenvalue weighted by molar-refractivity contribution is 5.83. The molecule has 2 rings (SSSR count). The average molecular weight is 302 g/mol. The fourth-order valence-corrected chi connectivity index (χ4v) is 2.16. The number of hydrogen-bond acceptors (Lipinski definition) is 4. The number of carboxylic acids is 1. The van der Waals surface area contributed by atoms with E-state index >= 15 is 0 Å². The van der Waals surface area contributed by atoms with Crippen LogP contribution in [0.4, 0.5) is 0 Å². The molecule has 0 saturated carbocycles. The topological polar surface area (TPSA) is 76.7 Å². The molecular formula is C17H18O5. The minimum atomic E-state index is -0.873. The van der Waals surface area contributed by atoms with E-state index in [0.717, 1.165) is 22.1 Å². The molecule has 1 aromatic heterocycles. The number of carboxylic acid groups (broad SMARTS) is 1. The summed E-state index contributed by atoms with van der Waals surface area (Å²) in [7, 11) is 0. The summed E-state index contributed by atoms with van der Waals surface area (Å²) in [4.78, 5) is 22.3. The van der Waals surface area contributed by atoms with Crippen molar-refractivity contribution in [1.82, 2.24) is 0 Å². The molecule has 5 heteroatoms. The lowest BCUT2D eigenvalue weighted by Gasteiger charge is -2.13. The van der Waals surface area contributed by atoms with Gasteiger partial charge in [0.2, 0.25) is 0 Å². The van der Waals surface area contributed by atoms with E-state index in [2.05, 4.69) is 6.58 Å².